The van der Waals surface area contributed by atoms with Crippen molar-refractivity contribution in [1.29, 1.82) is 0 Å². The number of pyridine rings is 1. The number of nitrogens with one attached hydrogen (secondary N) is 2. The molecule has 0 saturated heterocycles. The van der Waals surface area contributed by atoms with Crippen molar-refractivity contribution in [2.24, 2.45) is 0 Å². The van der Waals surface area contributed by atoms with Crippen LogP contribution in [-0.4, -0.2) is 21.2 Å². The fourth-order valence-corrected chi connectivity index (χ4v) is 4.03. The Morgan fingerprint density at radius 1 is 1.35 bits per heavy atom. The van der Waals surface area contributed by atoms with Crippen LogP contribution in [0, 0.1) is 5.82 Å². The first-order valence-electron chi connectivity index (χ1n) is 7.38. The molecule has 0 bridgehead atoms. The van der Waals surface area contributed by atoms with Crippen molar-refractivity contribution in [3.05, 3.63) is 52.6 Å². The molecular formula is C16H14ClFN4S. The van der Waals surface area contributed by atoms with Gasteiger partial charge in [0.2, 0.25) is 0 Å². The number of aryl methyl sites for hydroxylation is 1. The van der Waals surface area contributed by atoms with E-state index in [-0.39, 0.29) is 16.9 Å². The number of fused-ring (bicyclic) bond motifs is 3. The monoisotopic (exact) mass is 348 g/mol. The number of halogens is 2. The molecule has 1 aromatic carbocycles. The van der Waals surface area contributed by atoms with Crippen molar-refractivity contribution in [2.75, 3.05) is 0 Å². The fourth-order valence-electron chi connectivity index (χ4n) is 2.96. The van der Waals surface area contributed by atoms with Gasteiger partial charge < -0.3 is 0 Å². The fraction of sp³-hybridized carbons (Fsp3) is 0.250. The molecule has 4 nitrogen and oxygen atoms in total. The Balaban J connectivity index is 1.49. The normalized spacial score (nSPS) is 17.4. The van der Waals surface area contributed by atoms with Gasteiger partial charge in [-0.15, -0.1) is 0 Å². The number of aromatic nitrogens is 3. The Bertz CT molecular complexity index is 866. The molecule has 1 aliphatic rings. The van der Waals surface area contributed by atoms with Gasteiger partial charge in [0, 0.05) is 17.6 Å². The van der Waals surface area contributed by atoms with Crippen molar-refractivity contribution < 1.29 is 4.39 Å². The summed E-state index contributed by atoms with van der Waals surface area (Å²) in [6.45, 7) is 0. The van der Waals surface area contributed by atoms with Crippen molar-refractivity contribution in [3.63, 3.8) is 0 Å². The lowest BCUT2D eigenvalue weighted by molar-refractivity contribution is 0.545. The molecule has 1 aliphatic carbocycles. The largest absolute Gasteiger partial charge is 0.261 e. The second kappa shape index (κ2) is 6.11. The predicted molar refractivity (Wildman–Crippen MR) is 90.1 cm³/mol. The Morgan fingerprint density at radius 3 is 3.17 bits per heavy atom. The molecule has 1 unspecified atom stereocenters. The van der Waals surface area contributed by atoms with Crippen LogP contribution in [0.15, 0.2) is 35.5 Å². The molecule has 2 heterocycles. The minimum atomic E-state index is -0.371. The Hall–Kier alpha value is -1.63. The summed E-state index contributed by atoms with van der Waals surface area (Å²) in [5.41, 5.74) is 3.39. The average molecular weight is 349 g/mol. The lowest BCUT2D eigenvalue weighted by atomic mass is 9.88. The predicted octanol–water partition coefficient (Wildman–Crippen LogP) is 3.90. The van der Waals surface area contributed by atoms with E-state index in [4.69, 9.17) is 11.6 Å². The number of nitrogens with zero attached hydrogens (tertiary/aromatic N) is 2. The average Bonchev–Trinajstić information content (AvgIpc) is 3.05. The number of hydrogen-bond acceptors (Lipinski definition) is 4. The lowest BCUT2D eigenvalue weighted by Crippen LogP contribution is -2.30. The van der Waals surface area contributed by atoms with Gasteiger partial charge in [0.25, 0.3) is 0 Å². The minimum Gasteiger partial charge on any atom is -0.261 e. The molecule has 0 aliphatic heterocycles. The van der Waals surface area contributed by atoms with Crippen LogP contribution in [0.1, 0.15) is 17.5 Å². The van der Waals surface area contributed by atoms with Gasteiger partial charge in [-0.25, -0.2) is 9.37 Å². The smallest absolute Gasteiger partial charge is 0.156 e. The van der Waals surface area contributed by atoms with Gasteiger partial charge in [0.05, 0.1) is 16.1 Å². The van der Waals surface area contributed by atoms with Crippen LogP contribution >= 0.6 is 23.5 Å². The first kappa shape index (κ1) is 14.9. The second-order valence-electron chi connectivity index (χ2n) is 5.61. The van der Waals surface area contributed by atoms with Crippen LogP contribution in [0.2, 0.25) is 5.02 Å². The van der Waals surface area contributed by atoms with Crippen LogP contribution in [0.5, 0.6) is 0 Å². The first-order chi connectivity index (χ1) is 11.2. The molecule has 4 rings (SSSR count). The van der Waals surface area contributed by atoms with E-state index in [2.05, 4.69) is 19.9 Å². The first-order valence-corrected chi connectivity index (χ1v) is 8.58. The lowest BCUT2D eigenvalue weighted by Gasteiger charge is -2.25. The number of benzene rings is 1. The summed E-state index contributed by atoms with van der Waals surface area (Å²) in [6.07, 6.45) is 6.58. The molecule has 118 valence electrons. The van der Waals surface area contributed by atoms with Gasteiger partial charge in [0.1, 0.15) is 0 Å². The Labute approximate surface area is 142 Å². The molecule has 3 aromatic rings. The van der Waals surface area contributed by atoms with Gasteiger partial charge in [0.15, 0.2) is 11.5 Å². The number of aromatic amines is 1. The third kappa shape index (κ3) is 2.82. The molecule has 0 radical (unpaired) electrons. The summed E-state index contributed by atoms with van der Waals surface area (Å²) in [5, 5.41) is 8.22. The molecule has 1 atom stereocenters. The molecule has 2 aromatic heterocycles. The number of hydrogen-bond donors (Lipinski definition) is 2. The summed E-state index contributed by atoms with van der Waals surface area (Å²) in [6, 6.07) is 5.31. The summed E-state index contributed by atoms with van der Waals surface area (Å²) >= 11 is 7.11. The SMILES string of the molecule is Fc1c(Cl)cccc1SNC1CCc2c(cnc3[nH]ncc23)C1. The van der Waals surface area contributed by atoms with E-state index in [0.717, 1.165) is 30.3 Å². The van der Waals surface area contributed by atoms with E-state index in [0.29, 0.717) is 4.90 Å². The third-order valence-electron chi connectivity index (χ3n) is 4.14. The van der Waals surface area contributed by atoms with Gasteiger partial charge in [-0.3, -0.25) is 9.82 Å². The van der Waals surface area contributed by atoms with Crippen molar-refractivity contribution >= 4 is 34.6 Å². The number of rotatable bonds is 3. The topological polar surface area (TPSA) is 53.6 Å². The van der Waals surface area contributed by atoms with Gasteiger partial charge >= 0.3 is 0 Å². The van der Waals surface area contributed by atoms with E-state index < -0.39 is 0 Å². The van der Waals surface area contributed by atoms with E-state index >= 15 is 0 Å². The van der Waals surface area contributed by atoms with Gasteiger partial charge in [-0.05, 0) is 54.5 Å². The molecule has 0 fully saturated rings. The summed E-state index contributed by atoms with van der Waals surface area (Å²) < 4.78 is 17.3. The summed E-state index contributed by atoms with van der Waals surface area (Å²) in [4.78, 5) is 4.92. The number of H-pyrrole nitrogens is 1. The van der Waals surface area contributed by atoms with Crippen LogP contribution in [0.4, 0.5) is 4.39 Å². The van der Waals surface area contributed by atoms with Gasteiger partial charge in [-0.1, -0.05) is 17.7 Å². The standard InChI is InChI=1S/C16H14ClFN4S/c17-13-2-1-3-14(15(13)18)23-22-10-4-5-11-9(6-10)7-19-16-12(11)8-20-21-16/h1-3,7-8,10,22H,4-6H2,(H,19,20,21). The third-order valence-corrected chi connectivity index (χ3v) is 5.42. The zero-order valence-corrected chi connectivity index (χ0v) is 13.7. The van der Waals surface area contributed by atoms with E-state index in [1.54, 1.807) is 18.2 Å². The minimum absolute atomic E-state index is 0.150. The highest BCUT2D eigenvalue weighted by atomic mass is 35.5. The van der Waals surface area contributed by atoms with Crippen LogP contribution in [0.3, 0.4) is 0 Å². The van der Waals surface area contributed by atoms with E-state index in [1.165, 1.54) is 23.1 Å². The highest BCUT2D eigenvalue weighted by Crippen LogP contribution is 2.30. The van der Waals surface area contributed by atoms with Crippen LogP contribution in [0.25, 0.3) is 11.0 Å². The molecule has 2 N–H and O–H groups in total. The van der Waals surface area contributed by atoms with E-state index in [9.17, 15) is 4.39 Å². The van der Waals surface area contributed by atoms with Crippen LogP contribution in [-0.2, 0) is 12.8 Å². The highest BCUT2D eigenvalue weighted by Gasteiger charge is 2.22. The molecular weight excluding hydrogens is 335 g/mol. The zero-order valence-electron chi connectivity index (χ0n) is 12.1. The van der Waals surface area contributed by atoms with Crippen molar-refractivity contribution in [1.82, 2.24) is 19.9 Å². The second-order valence-corrected chi connectivity index (χ2v) is 6.89. The maximum atomic E-state index is 13.9. The molecule has 7 heteroatoms. The molecule has 0 amide bonds. The molecule has 23 heavy (non-hydrogen) atoms. The molecule has 0 saturated carbocycles. The van der Waals surface area contributed by atoms with Crippen molar-refractivity contribution in [3.8, 4) is 0 Å². The maximum absolute atomic E-state index is 13.9. The van der Waals surface area contributed by atoms with Crippen molar-refractivity contribution in [2.45, 2.75) is 30.2 Å². The summed E-state index contributed by atoms with van der Waals surface area (Å²) in [5.74, 6) is -0.371. The summed E-state index contributed by atoms with van der Waals surface area (Å²) in [7, 11) is 0. The van der Waals surface area contributed by atoms with E-state index in [1.807, 2.05) is 12.4 Å². The molecule has 0 spiro atoms. The van der Waals surface area contributed by atoms with Crippen LogP contribution < -0.4 is 4.72 Å². The van der Waals surface area contributed by atoms with Gasteiger partial charge in [-0.2, -0.15) is 5.10 Å². The Kier molecular flexibility index (Phi) is 3.97. The maximum Gasteiger partial charge on any atom is 0.156 e. The Morgan fingerprint density at radius 2 is 2.26 bits per heavy atom. The highest BCUT2D eigenvalue weighted by molar-refractivity contribution is 7.97. The zero-order chi connectivity index (χ0) is 15.8. The quantitative estimate of drug-likeness (QED) is 0.705.